The monoisotopic (exact) mass is 477 g/mol. The first-order valence-corrected chi connectivity index (χ1v) is 12.0. The molecular weight excluding hydrogens is 450 g/mol. The molecule has 9 nitrogen and oxygen atoms in total. The van der Waals surface area contributed by atoms with Crippen molar-refractivity contribution in [2.75, 3.05) is 43.4 Å². The zero-order chi connectivity index (χ0) is 24.5. The average molecular weight is 478 g/mol. The van der Waals surface area contributed by atoms with Crippen LogP contribution in [0, 0.1) is 6.92 Å². The molecule has 0 bridgehead atoms. The number of piperazine rings is 1. The highest BCUT2D eigenvalue weighted by Crippen LogP contribution is 2.29. The Hall–Kier alpha value is -4.37. The van der Waals surface area contributed by atoms with Crippen molar-refractivity contribution < 1.29 is 0 Å². The van der Waals surface area contributed by atoms with Gasteiger partial charge in [0.05, 0.1) is 58.2 Å². The lowest BCUT2D eigenvalue weighted by molar-refractivity contribution is 0.313. The summed E-state index contributed by atoms with van der Waals surface area (Å²) >= 11 is 0. The van der Waals surface area contributed by atoms with E-state index < -0.39 is 0 Å². The topological polar surface area (TPSA) is 98.8 Å². The highest BCUT2D eigenvalue weighted by Gasteiger charge is 2.15. The molecule has 1 aliphatic rings. The van der Waals surface area contributed by atoms with E-state index in [4.69, 9.17) is 4.98 Å². The number of anilines is 3. The molecule has 6 heterocycles. The van der Waals surface area contributed by atoms with Gasteiger partial charge in [0, 0.05) is 31.9 Å². The maximum absolute atomic E-state index is 4.87. The van der Waals surface area contributed by atoms with Gasteiger partial charge in [0.1, 0.15) is 11.5 Å². The van der Waals surface area contributed by atoms with Crippen LogP contribution >= 0.6 is 0 Å². The lowest BCUT2D eigenvalue weighted by atomic mass is 10.1. The number of rotatable bonds is 5. The van der Waals surface area contributed by atoms with Crippen LogP contribution in [0.25, 0.3) is 33.8 Å². The van der Waals surface area contributed by atoms with Crippen molar-refractivity contribution >= 4 is 28.2 Å². The van der Waals surface area contributed by atoms with Crippen LogP contribution in [0.3, 0.4) is 0 Å². The molecule has 0 spiro atoms. The number of fused-ring (bicyclic) bond motifs is 1. The zero-order valence-electron chi connectivity index (χ0n) is 20.3. The van der Waals surface area contributed by atoms with Gasteiger partial charge in [-0.05, 0) is 56.4 Å². The van der Waals surface area contributed by atoms with Gasteiger partial charge < -0.3 is 20.1 Å². The van der Waals surface area contributed by atoms with Crippen LogP contribution < -0.4 is 10.2 Å². The number of H-pyrrole nitrogens is 1. The Morgan fingerprint density at radius 3 is 2.53 bits per heavy atom. The Balaban J connectivity index is 1.24. The lowest BCUT2D eigenvalue weighted by Crippen LogP contribution is -2.44. The van der Waals surface area contributed by atoms with Crippen molar-refractivity contribution in [3.63, 3.8) is 0 Å². The van der Waals surface area contributed by atoms with Crippen molar-refractivity contribution in [1.82, 2.24) is 34.8 Å². The molecule has 0 radical (unpaired) electrons. The van der Waals surface area contributed by atoms with E-state index in [1.54, 1.807) is 12.5 Å². The Morgan fingerprint density at radius 2 is 1.72 bits per heavy atom. The lowest BCUT2D eigenvalue weighted by Gasteiger charge is -2.33. The van der Waals surface area contributed by atoms with E-state index in [1.807, 2.05) is 55.6 Å². The first-order valence-electron chi connectivity index (χ1n) is 12.0. The van der Waals surface area contributed by atoms with Crippen LogP contribution in [-0.4, -0.2) is 68.0 Å². The smallest absolute Gasteiger partial charge is 0.130 e. The number of hydrogen-bond acceptors (Lipinski definition) is 8. The average Bonchev–Trinajstić information content (AvgIpc) is 3.40. The van der Waals surface area contributed by atoms with E-state index in [9.17, 15) is 0 Å². The molecule has 1 aliphatic heterocycles. The molecule has 0 unspecified atom stereocenters. The van der Waals surface area contributed by atoms with Crippen LogP contribution in [0.1, 0.15) is 5.69 Å². The molecule has 1 fully saturated rings. The summed E-state index contributed by atoms with van der Waals surface area (Å²) in [5.74, 6) is 0.769. The first kappa shape index (κ1) is 22.1. The summed E-state index contributed by atoms with van der Waals surface area (Å²) < 4.78 is 0. The van der Waals surface area contributed by atoms with Gasteiger partial charge in [-0.1, -0.05) is 6.07 Å². The van der Waals surface area contributed by atoms with Gasteiger partial charge in [-0.25, -0.2) is 15.0 Å². The summed E-state index contributed by atoms with van der Waals surface area (Å²) in [5, 5.41) is 3.36. The molecule has 0 saturated carbocycles. The van der Waals surface area contributed by atoms with Gasteiger partial charge in [0.2, 0.25) is 0 Å². The third-order valence-corrected chi connectivity index (χ3v) is 6.45. The fourth-order valence-electron chi connectivity index (χ4n) is 4.43. The highest BCUT2D eigenvalue weighted by molar-refractivity contribution is 5.83. The standard InChI is InChI=1S/C27H27N9/c1-18-4-3-5-22(32-18)26-27(31-17-30-26)23-8-7-21-24(34-23)14-19(15-28-21)33-25-9-6-20(16-29-25)36-12-10-35(2)11-13-36/h3-9,14-17H,10-13H2,1-2H3,(H,29,33)(H,30,31). The number of hydrogen-bond donors (Lipinski definition) is 2. The highest BCUT2D eigenvalue weighted by atomic mass is 15.2. The second-order valence-corrected chi connectivity index (χ2v) is 9.07. The van der Waals surface area contributed by atoms with Gasteiger partial charge in [-0.15, -0.1) is 0 Å². The van der Waals surface area contributed by atoms with Crippen LogP contribution in [0.15, 0.2) is 67.3 Å². The zero-order valence-corrected chi connectivity index (χ0v) is 20.3. The summed E-state index contributed by atoms with van der Waals surface area (Å²) in [7, 11) is 2.16. The van der Waals surface area contributed by atoms with Crippen molar-refractivity contribution in [1.29, 1.82) is 0 Å². The van der Waals surface area contributed by atoms with E-state index in [1.165, 1.54) is 0 Å². The van der Waals surface area contributed by atoms with Crippen molar-refractivity contribution in [3.8, 4) is 22.8 Å². The molecular formula is C27H27N9. The van der Waals surface area contributed by atoms with Gasteiger partial charge in [-0.3, -0.25) is 9.97 Å². The largest absolute Gasteiger partial charge is 0.368 e. The Labute approximate surface area is 209 Å². The summed E-state index contributed by atoms with van der Waals surface area (Å²) in [4.78, 5) is 31.2. The number of pyridine rings is 4. The van der Waals surface area contributed by atoms with E-state index in [0.717, 1.165) is 82.9 Å². The first-order chi connectivity index (χ1) is 17.6. The van der Waals surface area contributed by atoms with Crippen molar-refractivity contribution in [2.45, 2.75) is 6.92 Å². The number of nitrogens with zero attached hydrogens (tertiary/aromatic N) is 7. The molecule has 1 saturated heterocycles. The van der Waals surface area contributed by atoms with E-state index in [-0.39, 0.29) is 0 Å². The Kier molecular flexibility index (Phi) is 5.74. The predicted molar refractivity (Wildman–Crippen MR) is 142 cm³/mol. The molecule has 9 heteroatoms. The fourth-order valence-corrected chi connectivity index (χ4v) is 4.43. The molecule has 5 aromatic heterocycles. The molecule has 36 heavy (non-hydrogen) atoms. The van der Waals surface area contributed by atoms with E-state index in [2.05, 4.69) is 53.2 Å². The Bertz CT molecular complexity index is 1500. The molecule has 180 valence electrons. The third-order valence-electron chi connectivity index (χ3n) is 6.45. The molecule has 5 aromatic rings. The summed E-state index contributed by atoms with van der Waals surface area (Å²) in [6.07, 6.45) is 5.40. The second kappa shape index (κ2) is 9.35. The molecule has 0 amide bonds. The van der Waals surface area contributed by atoms with Crippen LogP contribution in [-0.2, 0) is 0 Å². The van der Waals surface area contributed by atoms with Gasteiger partial charge >= 0.3 is 0 Å². The molecule has 2 N–H and O–H groups in total. The summed E-state index contributed by atoms with van der Waals surface area (Å²) in [6.45, 7) is 6.15. The maximum atomic E-state index is 4.87. The minimum Gasteiger partial charge on any atom is -0.368 e. The molecule has 0 aromatic carbocycles. The van der Waals surface area contributed by atoms with Gasteiger partial charge in [0.25, 0.3) is 0 Å². The number of imidazole rings is 1. The van der Waals surface area contributed by atoms with Crippen molar-refractivity contribution in [3.05, 3.63) is 72.9 Å². The van der Waals surface area contributed by atoms with Crippen molar-refractivity contribution in [2.24, 2.45) is 0 Å². The predicted octanol–water partition coefficient (Wildman–Crippen LogP) is 4.28. The van der Waals surface area contributed by atoms with E-state index >= 15 is 0 Å². The fraction of sp³-hybridized carbons (Fsp3) is 0.222. The maximum Gasteiger partial charge on any atom is 0.130 e. The van der Waals surface area contributed by atoms with E-state index in [0.29, 0.717) is 0 Å². The Morgan fingerprint density at radius 1 is 0.833 bits per heavy atom. The minimum atomic E-state index is 0.759. The summed E-state index contributed by atoms with van der Waals surface area (Å²) in [6, 6.07) is 15.9. The number of aromatic amines is 1. The molecule has 0 atom stereocenters. The molecule has 6 rings (SSSR count). The van der Waals surface area contributed by atoms with Crippen LogP contribution in [0.4, 0.5) is 17.2 Å². The minimum absolute atomic E-state index is 0.759. The van der Waals surface area contributed by atoms with Gasteiger partial charge in [-0.2, -0.15) is 0 Å². The number of aryl methyl sites for hydroxylation is 1. The third kappa shape index (κ3) is 4.48. The number of nitrogens with one attached hydrogen (secondary N) is 2. The van der Waals surface area contributed by atoms with Gasteiger partial charge in [0.15, 0.2) is 0 Å². The summed E-state index contributed by atoms with van der Waals surface area (Å²) in [5.41, 5.74) is 7.71. The number of aromatic nitrogens is 6. The van der Waals surface area contributed by atoms with Crippen LogP contribution in [0.5, 0.6) is 0 Å². The second-order valence-electron chi connectivity index (χ2n) is 9.07. The normalized spacial score (nSPS) is 14.3. The number of likely N-dealkylation sites (N-methyl/N-ethyl adjacent to an activating group) is 1. The quantitative estimate of drug-likeness (QED) is 0.387. The molecule has 0 aliphatic carbocycles. The van der Waals surface area contributed by atoms with Crippen LogP contribution in [0.2, 0.25) is 0 Å². The SMILES string of the molecule is Cc1cccc(-c2[nH]cnc2-c2ccc3ncc(Nc4ccc(N5CCN(C)CC5)cn4)cc3n2)n1.